The monoisotopic (exact) mass is 631 g/mol. The molecule has 1 aliphatic rings. The van der Waals surface area contributed by atoms with Gasteiger partial charge in [0, 0.05) is 31.4 Å². The zero-order valence-electron chi connectivity index (χ0n) is 23.2. The molecule has 0 radical (unpaired) electrons. The van der Waals surface area contributed by atoms with Gasteiger partial charge in [-0.1, -0.05) is 0 Å². The summed E-state index contributed by atoms with van der Waals surface area (Å²) < 4.78 is 111. The van der Waals surface area contributed by atoms with E-state index in [9.17, 15) is 40.6 Å². The van der Waals surface area contributed by atoms with Gasteiger partial charge in [0.25, 0.3) is 12.3 Å². The van der Waals surface area contributed by atoms with E-state index in [0.717, 1.165) is 13.2 Å². The van der Waals surface area contributed by atoms with Crippen LogP contribution >= 0.6 is 0 Å². The van der Waals surface area contributed by atoms with E-state index in [2.05, 4.69) is 14.9 Å². The topological polar surface area (TPSA) is 104 Å². The molecule has 1 saturated heterocycles. The number of amides is 1. The molecule has 1 aliphatic heterocycles. The number of ether oxygens (including phenoxy) is 3. The van der Waals surface area contributed by atoms with E-state index in [1.165, 1.54) is 28.5 Å². The Kier molecular flexibility index (Phi) is 7.86. The summed E-state index contributed by atoms with van der Waals surface area (Å²) in [7, 11) is 4.28. The Labute approximate surface area is 244 Å². The highest BCUT2D eigenvalue weighted by atomic mass is 19.4. The Balaban J connectivity index is 1.65. The molecule has 10 nitrogen and oxygen atoms in total. The number of aromatic nitrogens is 4. The number of likely N-dealkylation sites (tertiary alicyclic amines) is 1. The van der Waals surface area contributed by atoms with Gasteiger partial charge >= 0.3 is 12.8 Å². The standard InChI is InChI=1S/C27H24F7N5O5/c1-37-9-15(8-35-37)13-4-16-21(18(5-13)43-10-20(28)29)23(38(2)36-16)14-6-17(42-3)22(19(7-14)44-25(30)31)24(40)39-11-26(41,12-39)27(32,33)34/h4-9,20,25,41H,10-12H2,1-3H3. The van der Waals surface area contributed by atoms with Gasteiger partial charge in [-0.3, -0.25) is 14.2 Å². The lowest BCUT2D eigenvalue weighted by Gasteiger charge is -2.47. The molecule has 1 amide bonds. The highest BCUT2D eigenvalue weighted by Gasteiger charge is 2.62. The number of alkyl halides is 7. The Morgan fingerprint density at radius 2 is 1.68 bits per heavy atom. The number of carbonyl (C=O) groups excluding carboxylic acids is 1. The number of fused-ring (bicyclic) bond motifs is 1. The highest BCUT2D eigenvalue weighted by Crippen LogP contribution is 2.44. The molecular weight excluding hydrogens is 607 g/mol. The summed E-state index contributed by atoms with van der Waals surface area (Å²) in [4.78, 5) is 13.8. The number of benzene rings is 2. The van der Waals surface area contributed by atoms with Crippen LogP contribution < -0.4 is 14.2 Å². The van der Waals surface area contributed by atoms with Crippen LogP contribution in [0.3, 0.4) is 0 Å². The average Bonchev–Trinajstić information content (AvgIpc) is 3.50. The molecule has 0 aliphatic carbocycles. The number of hydrogen-bond donors (Lipinski definition) is 1. The second-order valence-electron chi connectivity index (χ2n) is 10.1. The smallest absolute Gasteiger partial charge is 0.420 e. The summed E-state index contributed by atoms with van der Waals surface area (Å²) in [5.74, 6) is -2.26. The summed E-state index contributed by atoms with van der Waals surface area (Å²) in [6.07, 6.45) is -4.63. The molecule has 0 unspecified atom stereocenters. The van der Waals surface area contributed by atoms with Crippen molar-refractivity contribution in [2.24, 2.45) is 14.1 Å². The minimum absolute atomic E-state index is 0.0211. The first-order valence-corrected chi connectivity index (χ1v) is 12.8. The van der Waals surface area contributed by atoms with Crippen LogP contribution in [-0.2, 0) is 14.1 Å². The third-order valence-corrected chi connectivity index (χ3v) is 7.01. The maximum Gasteiger partial charge on any atom is 0.420 e. The summed E-state index contributed by atoms with van der Waals surface area (Å²) in [5, 5.41) is 18.5. The third kappa shape index (κ3) is 5.58. The van der Waals surface area contributed by atoms with Crippen LogP contribution in [0.1, 0.15) is 10.4 Å². The fourth-order valence-corrected chi connectivity index (χ4v) is 4.98. The number of halogens is 7. The molecule has 17 heteroatoms. The van der Waals surface area contributed by atoms with Gasteiger partial charge in [-0.2, -0.15) is 32.1 Å². The Morgan fingerprint density at radius 3 is 2.25 bits per heavy atom. The van der Waals surface area contributed by atoms with Crippen molar-refractivity contribution in [1.29, 1.82) is 0 Å². The van der Waals surface area contributed by atoms with Gasteiger partial charge in [0.05, 0.1) is 43.0 Å². The molecule has 2 aromatic heterocycles. The van der Waals surface area contributed by atoms with E-state index >= 15 is 0 Å². The van der Waals surface area contributed by atoms with Crippen LogP contribution in [0.2, 0.25) is 0 Å². The molecule has 1 N–H and O–H groups in total. The number of aliphatic hydroxyl groups is 1. The normalized spacial score (nSPS) is 14.8. The van der Waals surface area contributed by atoms with Crippen molar-refractivity contribution in [2.45, 2.75) is 24.8 Å². The Hall–Kier alpha value is -4.54. The van der Waals surface area contributed by atoms with Crippen LogP contribution in [0, 0.1) is 0 Å². The molecule has 3 heterocycles. The molecule has 236 valence electrons. The van der Waals surface area contributed by atoms with E-state index in [1.54, 1.807) is 25.5 Å². The van der Waals surface area contributed by atoms with E-state index in [1.807, 2.05) is 0 Å². The zero-order valence-corrected chi connectivity index (χ0v) is 23.2. The van der Waals surface area contributed by atoms with Crippen molar-refractivity contribution in [3.8, 4) is 39.6 Å². The molecule has 0 saturated carbocycles. The van der Waals surface area contributed by atoms with Gasteiger partial charge in [0.15, 0.2) is 5.60 Å². The minimum atomic E-state index is -5.03. The van der Waals surface area contributed by atoms with Crippen molar-refractivity contribution in [2.75, 3.05) is 26.8 Å². The number of β-amino-alcohol motifs (C(OH)–C–C–N with tert-alkyl or cyclic N) is 1. The fourth-order valence-electron chi connectivity index (χ4n) is 4.98. The molecule has 1 fully saturated rings. The first-order valence-electron chi connectivity index (χ1n) is 12.8. The SMILES string of the molecule is COc1cc(-c2c3c(OCC(F)F)cc(-c4cnn(C)c4)cc3nn2C)cc(OC(F)F)c1C(=O)N1CC(O)(C(F)(F)F)C1. The predicted octanol–water partition coefficient (Wildman–Crippen LogP) is 4.64. The highest BCUT2D eigenvalue weighted by molar-refractivity contribution is 6.04. The van der Waals surface area contributed by atoms with Gasteiger partial charge in [-0.15, -0.1) is 0 Å². The van der Waals surface area contributed by atoms with Gasteiger partial charge in [-0.25, -0.2) is 8.78 Å². The van der Waals surface area contributed by atoms with Gasteiger partial charge in [0.2, 0.25) is 0 Å². The Bertz CT molecular complexity index is 1710. The second-order valence-corrected chi connectivity index (χ2v) is 10.1. The van der Waals surface area contributed by atoms with Crippen LogP contribution in [0.5, 0.6) is 17.2 Å². The molecule has 5 rings (SSSR count). The number of nitrogens with zero attached hydrogens (tertiary/aromatic N) is 5. The summed E-state index contributed by atoms with van der Waals surface area (Å²) >= 11 is 0. The van der Waals surface area contributed by atoms with Crippen molar-refractivity contribution in [3.63, 3.8) is 0 Å². The van der Waals surface area contributed by atoms with Crippen LogP contribution in [0.15, 0.2) is 36.7 Å². The molecule has 0 atom stereocenters. The molecule has 44 heavy (non-hydrogen) atoms. The fraction of sp³-hybridized carbons (Fsp3) is 0.370. The van der Waals surface area contributed by atoms with E-state index < -0.39 is 61.7 Å². The number of rotatable bonds is 9. The zero-order chi connectivity index (χ0) is 32.1. The number of hydrogen-bond acceptors (Lipinski definition) is 7. The average molecular weight is 632 g/mol. The first-order chi connectivity index (χ1) is 20.6. The molecule has 0 spiro atoms. The van der Waals surface area contributed by atoms with Gasteiger partial charge < -0.3 is 24.2 Å². The van der Waals surface area contributed by atoms with Crippen molar-refractivity contribution >= 4 is 16.8 Å². The summed E-state index contributed by atoms with van der Waals surface area (Å²) in [5.41, 5.74) is -2.08. The number of carbonyl (C=O) groups is 1. The maximum atomic E-state index is 13.5. The van der Waals surface area contributed by atoms with Crippen LogP contribution in [0.25, 0.3) is 33.3 Å². The van der Waals surface area contributed by atoms with Crippen molar-refractivity contribution < 1.29 is 54.8 Å². The third-order valence-electron chi connectivity index (χ3n) is 7.01. The van der Waals surface area contributed by atoms with Crippen molar-refractivity contribution in [3.05, 3.63) is 42.2 Å². The van der Waals surface area contributed by atoms with E-state index in [-0.39, 0.29) is 33.7 Å². The minimum Gasteiger partial charge on any atom is -0.496 e. The predicted molar refractivity (Wildman–Crippen MR) is 140 cm³/mol. The van der Waals surface area contributed by atoms with E-state index in [4.69, 9.17) is 9.47 Å². The quantitative estimate of drug-likeness (QED) is 0.269. The molecule has 0 bridgehead atoms. The second kappa shape index (κ2) is 11.2. The number of aryl methyl sites for hydroxylation is 2. The summed E-state index contributed by atoms with van der Waals surface area (Å²) in [6.45, 7) is -6.70. The largest absolute Gasteiger partial charge is 0.496 e. The number of methoxy groups -OCH3 is 1. The van der Waals surface area contributed by atoms with E-state index in [0.29, 0.717) is 16.0 Å². The van der Waals surface area contributed by atoms with Crippen LogP contribution in [-0.4, -0.2) is 87.1 Å². The van der Waals surface area contributed by atoms with Gasteiger partial charge in [-0.05, 0) is 29.8 Å². The maximum absolute atomic E-state index is 13.5. The van der Waals surface area contributed by atoms with Crippen LogP contribution in [0.4, 0.5) is 30.7 Å². The Morgan fingerprint density at radius 1 is 1.02 bits per heavy atom. The molecular formula is C27H24F7N5O5. The van der Waals surface area contributed by atoms with Gasteiger partial charge in [0.1, 0.15) is 29.4 Å². The lowest BCUT2D eigenvalue weighted by molar-refractivity contribution is -0.294. The first kappa shape index (κ1) is 30.9. The summed E-state index contributed by atoms with van der Waals surface area (Å²) in [6, 6.07) is 5.40. The molecule has 4 aromatic rings. The molecule has 2 aromatic carbocycles. The van der Waals surface area contributed by atoms with Crippen molar-refractivity contribution in [1.82, 2.24) is 24.5 Å². The lowest BCUT2D eigenvalue weighted by Crippen LogP contribution is -2.70. The lowest BCUT2D eigenvalue weighted by atomic mass is 9.92.